The third-order valence-corrected chi connectivity index (χ3v) is 5.78. The van der Waals surface area contributed by atoms with Crippen LogP contribution in [0.2, 0.25) is 0 Å². The molecule has 1 aliphatic carbocycles. The zero-order chi connectivity index (χ0) is 24.9. The Bertz CT molecular complexity index is 1190. The molecule has 0 bridgehead atoms. The van der Waals surface area contributed by atoms with Crippen LogP contribution >= 0.6 is 0 Å². The number of carbonyl (C=O) groups excluding carboxylic acids is 2. The molecule has 35 heavy (non-hydrogen) atoms. The van der Waals surface area contributed by atoms with Gasteiger partial charge in [-0.2, -0.15) is 0 Å². The molecule has 0 unspecified atom stereocenters. The normalized spacial score (nSPS) is 13.1. The van der Waals surface area contributed by atoms with Gasteiger partial charge in [0, 0.05) is 12.5 Å². The molecule has 1 atom stereocenters. The van der Waals surface area contributed by atoms with Crippen molar-refractivity contribution < 1.29 is 28.8 Å². The minimum Gasteiger partial charge on any atom is -0.480 e. The minimum absolute atomic E-state index is 0.0361. The third kappa shape index (κ3) is 5.33. The van der Waals surface area contributed by atoms with E-state index in [1.165, 1.54) is 0 Å². The molecule has 0 saturated heterocycles. The van der Waals surface area contributed by atoms with E-state index < -0.39 is 24.0 Å². The molecule has 0 saturated carbocycles. The van der Waals surface area contributed by atoms with Crippen molar-refractivity contribution in [3.8, 4) is 11.1 Å². The standard InChI is InChI=1S/C25H26N4O6/c1-29(2)12-22(24(31)32)27-23(30)20-14-35-28-21(20)11-26-25(33)34-13-19-17-9-5-3-7-15(17)16-8-4-6-10-18(16)19/h3-10,14,19,22H,11-13H2,1-2H3,(H,26,33)(H,27,30)(H,31,32)/t22-/m0/s1. The maximum Gasteiger partial charge on any atom is 0.407 e. The maximum atomic E-state index is 12.6. The predicted octanol–water partition coefficient (Wildman–Crippen LogP) is 2.46. The van der Waals surface area contributed by atoms with E-state index in [0.717, 1.165) is 28.5 Å². The van der Waals surface area contributed by atoms with Gasteiger partial charge in [-0.15, -0.1) is 0 Å². The fourth-order valence-corrected chi connectivity index (χ4v) is 4.16. The van der Waals surface area contributed by atoms with Crippen molar-refractivity contribution in [3.63, 3.8) is 0 Å². The summed E-state index contributed by atoms with van der Waals surface area (Å²) in [5.74, 6) is -1.90. The topological polar surface area (TPSA) is 134 Å². The molecule has 0 radical (unpaired) electrons. The van der Waals surface area contributed by atoms with Crippen LogP contribution in [0.25, 0.3) is 11.1 Å². The van der Waals surface area contributed by atoms with Gasteiger partial charge in [0.1, 0.15) is 30.2 Å². The van der Waals surface area contributed by atoms with Gasteiger partial charge < -0.3 is 29.9 Å². The van der Waals surface area contributed by atoms with Gasteiger partial charge in [0.2, 0.25) is 0 Å². The monoisotopic (exact) mass is 478 g/mol. The van der Waals surface area contributed by atoms with Gasteiger partial charge in [-0.3, -0.25) is 4.79 Å². The number of aliphatic carboxylic acids is 1. The maximum absolute atomic E-state index is 12.6. The third-order valence-electron chi connectivity index (χ3n) is 5.78. The Labute approximate surface area is 201 Å². The second kappa shape index (κ2) is 10.4. The molecule has 10 heteroatoms. The molecule has 3 aromatic rings. The Morgan fingerprint density at radius 1 is 1.09 bits per heavy atom. The van der Waals surface area contributed by atoms with Crippen molar-refractivity contribution in [2.24, 2.45) is 0 Å². The Balaban J connectivity index is 1.35. The lowest BCUT2D eigenvalue weighted by molar-refractivity contribution is -0.139. The number of amides is 2. The van der Waals surface area contributed by atoms with Crippen molar-refractivity contribution in [1.29, 1.82) is 0 Å². The van der Waals surface area contributed by atoms with E-state index in [1.54, 1.807) is 19.0 Å². The number of hydrogen-bond acceptors (Lipinski definition) is 7. The SMILES string of the molecule is CN(C)C[C@H](NC(=O)c1conc1CNC(=O)OCC1c2ccccc2-c2ccccc21)C(=O)O. The number of nitrogens with zero attached hydrogens (tertiary/aromatic N) is 2. The number of fused-ring (bicyclic) bond motifs is 3. The summed E-state index contributed by atoms with van der Waals surface area (Å²) >= 11 is 0. The highest BCUT2D eigenvalue weighted by Crippen LogP contribution is 2.44. The average Bonchev–Trinajstić information content (AvgIpc) is 3.43. The molecule has 4 rings (SSSR count). The molecule has 2 amide bonds. The molecule has 0 spiro atoms. The van der Waals surface area contributed by atoms with Crippen LogP contribution in [0.3, 0.4) is 0 Å². The summed E-state index contributed by atoms with van der Waals surface area (Å²) in [5.41, 5.74) is 4.65. The first-order valence-corrected chi connectivity index (χ1v) is 11.1. The zero-order valence-corrected chi connectivity index (χ0v) is 19.4. The molecule has 1 aromatic heterocycles. The van der Waals surface area contributed by atoms with Crippen LogP contribution in [0.4, 0.5) is 4.79 Å². The molecule has 2 aromatic carbocycles. The van der Waals surface area contributed by atoms with E-state index in [4.69, 9.17) is 9.26 Å². The molecule has 0 fully saturated rings. The van der Waals surface area contributed by atoms with Crippen LogP contribution in [-0.4, -0.2) is 66.4 Å². The highest BCUT2D eigenvalue weighted by atomic mass is 16.5. The number of ether oxygens (including phenoxy) is 1. The second-order valence-electron chi connectivity index (χ2n) is 8.48. The highest BCUT2D eigenvalue weighted by Gasteiger charge is 2.29. The molecule has 1 aliphatic rings. The molecular formula is C25H26N4O6. The quantitative estimate of drug-likeness (QED) is 0.427. The van der Waals surface area contributed by atoms with Gasteiger partial charge in [0.25, 0.3) is 5.91 Å². The summed E-state index contributed by atoms with van der Waals surface area (Å²) in [6, 6.07) is 14.9. The molecule has 1 heterocycles. The number of carboxylic acids is 1. The number of nitrogens with one attached hydrogen (secondary N) is 2. The average molecular weight is 479 g/mol. The first kappa shape index (κ1) is 24.0. The first-order chi connectivity index (χ1) is 16.8. The predicted molar refractivity (Wildman–Crippen MR) is 126 cm³/mol. The second-order valence-corrected chi connectivity index (χ2v) is 8.48. The Morgan fingerprint density at radius 3 is 2.31 bits per heavy atom. The summed E-state index contributed by atoms with van der Waals surface area (Å²) in [7, 11) is 3.40. The van der Waals surface area contributed by atoms with Gasteiger partial charge in [0.05, 0.1) is 6.54 Å². The molecule has 3 N–H and O–H groups in total. The fraction of sp³-hybridized carbons (Fsp3) is 0.280. The number of hydrogen-bond donors (Lipinski definition) is 3. The summed E-state index contributed by atoms with van der Waals surface area (Å²) in [4.78, 5) is 38.0. The highest BCUT2D eigenvalue weighted by molar-refractivity contribution is 5.97. The lowest BCUT2D eigenvalue weighted by Gasteiger charge is -2.18. The lowest BCUT2D eigenvalue weighted by Crippen LogP contribution is -2.47. The fourth-order valence-electron chi connectivity index (χ4n) is 4.16. The smallest absolute Gasteiger partial charge is 0.407 e. The lowest BCUT2D eigenvalue weighted by atomic mass is 9.98. The van der Waals surface area contributed by atoms with Crippen LogP contribution in [0.5, 0.6) is 0 Å². The van der Waals surface area contributed by atoms with Crippen LogP contribution in [0.1, 0.15) is 33.1 Å². The van der Waals surface area contributed by atoms with E-state index in [9.17, 15) is 19.5 Å². The molecule has 182 valence electrons. The number of likely N-dealkylation sites (N-methyl/N-ethyl adjacent to an activating group) is 1. The Hall–Kier alpha value is -4.18. The van der Waals surface area contributed by atoms with E-state index in [1.807, 2.05) is 36.4 Å². The number of carboxylic acid groups (broad SMARTS) is 1. The molecule has 10 nitrogen and oxygen atoms in total. The summed E-state index contributed by atoms with van der Waals surface area (Å²) in [6.07, 6.45) is 0.441. The minimum atomic E-state index is -1.16. The Morgan fingerprint density at radius 2 is 1.71 bits per heavy atom. The van der Waals surface area contributed by atoms with Crippen LogP contribution in [0.15, 0.2) is 59.3 Å². The van der Waals surface area contributed by atoms with E-state index in [-0.39, 0.29) is 36.9 Å². The van der Waals surface area contributed by atoms with Gasteiger partial charge >= 0.3 is 12.1 Å². The summed E-state index contributed by atoms with van der Waals surface area (Å²) < 4.78 is 10.4. The molecular weight excluding hydrogens is 452 g/mol. The summed E-state index contributed by atoms with van der Waals surface area (Å²) in [5, 5.41) is 18.1. The summed E-state index contributed by atoms with van der Waals surface area (Å²) in [6.45, 7) is 0.137. The van der Waals surface area contributed by atoms with E-state index >= 15 is 0 Å². The van der Waals surface area contributed by atoms with Crippen LogP contribution in [0, 0.1) is 0 Å². The van der Waals surface area contributed by atoms with Gasteiger partial charge in [-0.05, 0) is 36.3 Å². The van der Waals surface area contributed by atoms with E-state index in [0.29, 0.717) is 0 Å². The largest absolute Gasteiger partial charge is 0.480 e. The zero-order valence-electron chi connectivity index (χ0n) is 19.4. The van der Waals surface area contributed by atoms with Crippen molar-refractivity contribution in [2.75, 3.05) is 27.2 Å². The Kier molecular flexibility index (Phi) is 7.11. The van der Waals surface area contributed by atoms with Gasteiger partial charge in [-0.1, -0.05) is 53.7 Å². The first-order valence-electron chi connectivity index (χ1n) is 11.1. The van der Waals surface area contributed by atoms with Crippen molar-refractivity contribution >= 4 is 18.0 Å². The number of rotatable bonds is 9. The van der Waals surface area contributed by atoms with Crippen LogP contribution < -0.4 is 10.6 Å². The number of benzene rings is 2. The number of carbonyl (C=O) groups is 3. The van der Waals surface area contributed by atoms with Gasteiger partial charge in [-0.25, -0.2) is 9.59 Å². The number of alkyl carbamates (subject to hydrolysis) is 1. The molecule has 0 aliphatic heterocycles. The van der Waals surface area contributed by atoms with Crippen molar-refractivity contribution in [1.82, 2.24) is 20.7 Å². The van der Waals surface area contributed by atoms with E-state index in [2.05, 4.69) is 27.9 Å². The van der Waals surface area contributed by atoms with Crippen LogP contribution in [-0.2, 0) is 16.1 Å². The van der Waals surface area contributed by atoms with Crippen molar-refractivity contribution in [3.05, 3.63) is 77.2 Å². The van der Waals surface area contributed by atoms with Crippen molar-refractivity contribution in [2.45, 2.75) is 18.5 Å². The number of aromatic nitrogens is 1. The van der Waals surface area contributed by atoms with Gasteiger partial charge in [0.15, 0.2) is 0 Å².